The number of hydrazine groups is 1. The molecule has 2 atom stereocenters. The van der Waals surface area contributed by atoms with Gasteiger partial charge in [0.1, 0.15) is 18.0 Å². The molecule has 0 radical (unpaired) electrons. The summed E-state index contributed by atoms with van der Waals surface area (Å²) in [6.45, 7) is 0.533. The van der Waals surface area contributed by atoms with E-state index in [9.17, 15) is 19.5 Å². The quantitative estimate of drug-likeness (QED) is 0.490. The van der Waals surface area contributed by atoms with E-state index in [2.05, 4.69) is 0 Å². The number of carbonyl (C=O) groups is 3. The van der Waals surface area contributed by atoms with Gasteiger partial charge in [-0.3, -0.25) is 19.4 Å². The van der Waals surface area contributed by atoms with Gasteiger partial charge in [0.05, 0.1) is 23.8 Å². The van der Waals surface area contributed by atoms with Crippen molar-refractivity contribution >= 4 is 35.0 Å². The van der Waals surface area contributed by atoms with E-state index in [0.29, 0.717) is 23.9 Å². The Hall–Kier alpha value is -3.30. The van der Waals surface area contributed by atoms with Gasteiger partial charge in [0.25, 0.3) is 0 Å². The van der Waals surface area contributed by atoms with Crippen LogP contribution in [0.5, 0.6) is 5.75 Å². The molecule has 2 aromatic rings. The molecule has 2 aromatic carbocycles. The molecule has 2 aliphatic heterocycles. The summed E-state index contributed by atoms with van der Waals surface area (Å²) in [5, 5.41) is 13.8. The van der Waals surface area contributed by atoms with E-state index in [1.165, 1.54) is 32.1 Å². The van der Waals surface area contributed by atoms with Crippen molar-refractivity contribution in [1.29, 1.82) is 0 Å². The number of aromatic hydroxyl groups is 1. The van der Waals surface area contributed by atoms with Crippen molar-refractivity contribution in [2.24, 2.45) is 5.92 Å². The van der Waals surface area contributed by atoms with Crippen molar-refractivity contribution in [1.82, 2.24) is 19.8 Å². The zero-order chi connectivity index (χ0) is 30.0. The number of fused-ring (bicyclic) bond motifs is 1. The second kappa shape index (κ2) is 12.9. The number of halogens is 1. The minimum absolute atomic E-state index is 0.0139. The lowest BCUT2D eigenvalue weighted by Crippen LogP contribution is -2.75. The molecule has 10 heteroatoms. The van der Waals surface area contributed by atoms with Crippen molar-refractivity contribution in [2.45, 2.75) is 70.1 Å². The summed E-state index contributed by atoms with van der Waals surface area (Å²) in [5.74, 6) is 0.342. The summed E-state index contributed by atoms with van der Waals surface area (Å²) < 4.78 is 0. The maximum Gasteiger partial charge on any atom is 0.246 e. The Labute approximate surface area is 253 Å². The number of nitrogens with zero attached hydrogens (tertiary/aromatic N) is 5. The maximum absolute atomic E-state index is 14.2. The molecule has 5 rings (SSSR count). The van der Waals surface area contributed by atoms with E-state index >= 15 is 0 Å². The lowest BCUT2D eigenvalue weighted by atomic mass is 9.86. The number of likely N-dealkylation sites (N-methyl/N-ethyl adjacent to an activating group) is 1. The molecule has 42 heavy (non-hydrogen) atoms. The molecule has 3 amide bonds. The fourth-order valence-electron chi connectivity index (χ4n) is 6.88. The lowest BCUT2D eigenvalue weighted by Gasteiger charge is -2.55. The third-order valence-electron chi connectivity index (χ3n) is 8.93. The first-order valence-corrected chi connectivity index (χ1v) is 15.4. The number of phenols is 1. The first-order valence-electron chi connectivity index (χ1n) is 15.0. The molecule has 9 nitrogen and oxygen atoms in total. The second-order valence-corrected chi connectivity index (χ2v) is 12.5. The Morgan fingerprint density at radius 1 is 1.05 bits per heavy atom. The number of hydrogen-bond donors (Lipinski definition) is 1. The first kappa shape index (κ1) is 30.2. The number of carbonyl (C=O) groups excluding carboxylic acids is 3. The number of amides is 3. The van der Waals surface area contributed by atoms with Gasteiger partial charge < -0.3 is 19.8 Å². The number of hydrogen-bond acceptors (Lipinski definition) is 6. The smallest absolute Gasteiger partial charge is 0.246 e. The predicted octanol–water partition coefficient (Wildman–Crippen LogP) is 4.27. The molecule has 2 heterocycles. The van der Waals surface area contributed by atoms with Crippen LogP contribution in [0.1, 0.15) is 56.1 Å². The summed E-state index contributed by atoms with van der Waals surface area (Å²) in [6, 6.07) is 11.6. The van der Waals surface area contributed by atoms with E-state index in [4.69, 9.17) is 11.6 Å². The molecule has 1 N–H and O–H groups in total. The summed E-state index contributed by atoms with van der Waals surface area (Å²) in [4.78, 5) is 46.9. The van der Waals surface area contributed by atoms with Crippen molar-refractivity contribution in [3.63, 3.8) is 0 Å². The highest BCUT2D eigenvalue weighted by molar-refractivity contribution is 6.33. The summed E-state index contributed by atoms with van der Waals surface area (Å²) in [6.07, 6.45) is 6.99. The average molecular weight is 596 g/mol. The van der Waals surface area contributed by atoms with Crippen LogP contribution in [-0.2, 0) is 27.3 Å². The first-order chi connectivity index (χ1) is 20.1. The molecule has 0 aromatic heterocycles. The topological polar surface area (TPSA) is 87.6 Å². The number of piperazine rings is 1. The standard InChI is InChI=1S/C32H42ClN5O4/c1-34(2)31-24(10-7-11-26(31)33)19-36-20-28-37(27(32(36)42)18-23-12-15-25(39)16-13-23)30(41)21-35(3)38(28)29(40)17-14-22-8-5-4-6-9-22/h7,10-13,15-16,22,27-28,39H,4-6,8-9,14,17-21H2,1-3H3/t27-,28?/m0/s1. The van der Waals surface area contributed by atoms with Crippen molar-refractivity contribution in [2.75, 3.05) is 39.1 Å². The average Bonchev–Trinajstić information content (AvgIpc) is 2.95. The van der Waals surface area contributed by atoms with E-state index < -0.39 is 12.2 Å². The molecular weight excluding hydrogens is 554 g/mol. The zero-order valence-corrected chi connectivity index (χ0v) is 25.6. The van der Waals surface area contributed by atoms with E-state index in [1.807, 2.05) is 37.2 Å². The molecule has 0 bridgehead atoms. The van der Waals surface area contributed by atoms with Crippen LogP contribution in [0.15, 0.2) is 42.5 Å². The van der Waals surface area contributed by atoms with Crippen molar-refractivity contribution < 1.29 is 19.5 Å². The SMILES string of the molecule is CN(C)c1c(Cl)cccc1CN1CC2N(C(=O)CN(C)N2C(=O)CCC2CCCCC2)[C@@H](Cc2ccc(O)cc2)C1=O. The van der Waals surface area contributed by atoms with E-state index in [1.54, 1.807) is 51.1 Å². The van der Waals surface area contributed by atoms with Crippen LogP contribution in [0.3, 0.4) is 0 Å². The summed E-state index contributed by atoms with van der Waals surface area (Å²) in [7, 11) is 5.61. The highest BCUT2D eigenvalue weighted by Gasteiger charge is 2.50. The number of rotatable bonds is 8. The third-order valence-corrected chi connectivity index (χ3v) is 9.24. The number of anilines is 1. The minimum atomic E-state index is -0.787. The fourth-order valence-corrected chi connectivity index (χ4v) is 7.24. The molecule has 0 spiro atoms. The number of phenolic OH excluding ortho intramolecular Hbond substituents is 1. The maximum atomic E-state index is 14.2. The van der Waals surface area contributed by atoms with Gasteiger partial charge in [-0.15, -0.1) is 0 Å². The van der Waals surface area contributed by atoms with Crippen LogP contribution in [0.2, 0.25) is 5.02 Å². The Balaban J connectivity index is 1.47. The highest BCUT2D eigenvalue weighted by Crippen LogP contribution is 2.34. The molecule has 3 fully saturated rings. The van der Waals surface area contributed by atoms with Gasteiger partial charge >= 0.3 is 0 Å². The molecule has 1 unspecified atom stereocenters. The Kier molecular flexibility index (Phi) is 9.28. The normalized spacial score (nSPS) is 22.0. The number of benzene rings is 2. The van der Waals surface area contributed by atoms with Gasteiger partial charge in [0, 0.05) is 40.5 Å². The van der Waals surface area contributed by atoms with Crippen LogP contribution >= 0.6 is 11.6 Å². The third kappa shape index (κ3) is 6.37. The fraction of sp³-hybridized carbons (Fsp3) is 0.531. The predicted molar refractivity (Wildman–Crippen MR) is 163 cm³/mol. The van der Waals surface area contributed by atoms with Crippen LogP contribution in [0, 0.1) is 5.92 Å². The molecular formula is C32H42ClN5O4. The number of para-hydroxylation sites is 1. The van der Waals surface area contributed by atoms with E-state index in [0.717, 1.165) is 23.2 Å². The Morgan fingerprint density at radius 2 is 1.76 bits per heavy atom. The van der Waals surface area contributed by atoms with Gasteiger partial charge in [-0.1, -0.05) is 68.0 Å². The van der Waals surface area contributed by atoms with Crippen molar-refractivity contribution in [3.8, 4) is 5.75 Å². The molecule has 1 aliphatic carbocycles. The van der Waals surface area contributed by atoms with Gasteiger partial charge in [-0.05, 0) is 41.7 Å². The monoisotopic (exact) mass is 595 g/mol. The largest absolute Gasteiger partial charge is 0.508 e. The minimum Gasteiger partial charge on any atom is -0.508 e. The van der Waals surface area contributed by atoms with Gasteiger partial charge in [-0.2, -0.15) is 0 Å². The van der Waals surface area contributed by atoms with Crippen molar-refractivity contribution in [3.05, 3.63) is 58.6 Å². The van der Waals surface area contributed by atoms with Gasteiger partial charge in [0.15, 0.2) is 0 Å². The van der Waals surface area contributed by atoms with Crippen LogP contribution in [0.4, 0.5) is 5.69 Å². The second-order valence-electron chi connectivity index (χ2n) is 12.1. The molecule has 2 saturated heterocycles. The van der Waals surface area contributed by atoms with Gasteiger partial charge in [-0.25, -0.2) is 5.01 Å². The molecule has 1 saturated carbocycles. The van der Waals surface area contributed by atoms with Crippen LogP contribution in [-0.4, -0.2) is 89.1 Å². The Bertz CT molecular complexity index is 1300. The van der Waals surface area contributed by atoms with E-state index in [-0.39, 0.29) is 43.0 Å². The van der Waals surface area contributed by atoms with Gasteiger partial charge in [0.2, 0.25) is 17.7 Å². The molecule has 226 valence electrons. The lowest BCUT2D eigenvalue weighted by molar-refractivity contribution is -0.203. The Morgan fingerprint density at radius 3 is 2.45 bits per heavy atom. The summed E-state index contributed by atoms with van der Waals surface area (Å²) in [5.41, 5.74) is 2.55. The highest BCUT2D eigenvalue weighted by atomic mass is 35.5. The summed E-state index contributed by atoms with van der Waals surface area (Å²) >= 11 is 6.56. The van der Waals surface area contributed by atoms with Crippen LogP contribution < -0.4 is 4.90 Å². The van der Waals surface area contributed by atoms with Crippen LogP contribution in [0.25, 0.3) is 0 Å². The zero-order valence-electron chi connectivity index (χ0n) is 24.8. The molecule has 3 aliphatic rings.